The van der Waals surface area contributed by atoms with E-state index in [1.165, 1.54) is 0 Å². The first-order chi connectivity index (χ1) is 7.27. The molecule has 0 aliphatic rings. The third-order valence-corrected chi connectivity index (χ3v) is 2.40. The molecule has 80 valence electrons. The third kappa shape index (κ3) is 2.27. The van der Waals surface area contributed by atoms with Crippen molar-refractivity contribution in [1.29, 1.82) is 0 Å². The zero-order chi connectivity index (χ0) is 10.7. The number of aliphatic hydroxyl groups is 1. The number of aromatic nitrogens is 2. The minimum atomic E-state index is -0.532. The summed E-state index contributed by atoms with van der Waals surface area (Å²) < 4.78 is 7.02. The number of nitrogens with zero attached hydrogens (tertiary/aromatic N) is 2. The molecule has 0 saturated carbocycles. The zero-order valence-electron chi connectivity index (χ0n) is 8.63. The van der Waals surface area contributed by atoms with Gasteiger partial charge in [-0.15, -0.1) is 0 Å². The summed E-state index contributed by atoms with van der Waals surface area (Å²) in [5, 5.41) is 9.86. The van der Waals surface area contributed by atoms with Gasteiger partial charge in [-0.1, -0.05) is 0 Å². The van der Waals surface area contributed by atoms with Crippen molar-refractivity contribution in [2.24, 2.45) is 7.05 Å². The maximum atomic E-state index is 9.86. The van der Waals surface area contributed by atoms with Crippen molar-refractivity contribution in [3.63, 3.8) is 0 Å². The van der Waals surface area contributed by atoms with Crippen LogP contribution in [0.4, 0.5) is 0 Å². The van der Waals surface area contributed by atoms with Crippen molar-refractivity contribution in [2.75, 3.05) is 0 Å². The number of furan rings is 1. The van der Waals surface area contributed by atoms with E-state index in [0.717, 1.165) is 12.2 Å². The molecular formula is C11H14N2O2. The summed E-state index contributed by atoms with van der Waals surface area (Å²) in [7, 11) is 1.87. The molecule has 0 saturated heterocycles. The average Bonchev–Trinajstić information content (AvgIpc) is 2.84. The smallest absolute Gasteiger partial charge is 0.137 e. The van der Waals surface area contributed by atoms with E-state index in [2.05, 4.69) is 4.98 Å². The van der Waals surface area contributed by atoms with E-state index in [1.807, 2.05) is 29.9 Å². The molecule has 4 heteroatoms. The number of aryl methyl sites for hydroxylation is 2. The standard InChI is InChI=1S/C11H14N2O2/c1-13-7-6-12-11(13)10(14)5-4-9-3-2-8-15-9/h2-3,6-8,10,14H,4-5H2,1H3. The van der Waals surface area contributed by atoms with Crippen molar-refractivity contribution in [1.82, 2.24) is 9.55 Å². The summed E-state index contributed by atoms with van der Waals surface area (Å²) in [6.45, 7) is 0. The Morgan fingerprint density at radius 2 is 2.47 bits per heavy atom. The predicted octanol–water partition coefficient (Wildman–Crippen LogP) is 1.68. The first kappa shape index (κ1) is 9.98. The Kier molecular flexibility index (Phi) is 2.87. The SMILES string of the molecule is Cn1ccnc1C(O)CCc1ccco1. The van der Waals surface area contributed by atoms with Crippen LogP contribution in [0.25, 0.3) is 0 Å². The Hall–Kier alpha value is -1.55. The normalized spacial score (nSPS) is 12.9. The molecule has 2 rings (SSSR count). The quantitative estimate of drug-likeness (QED) is 0.828. The van der Waals surface area contributed by atoms with Crippen LogP contribution in [0.2, 0.25) is 0 Å². The lowest BCUT2D eigenvalue weighted by Crippen LogP contribution is -2.06. The molecule has 15 heavy (non-hydrogen) atoms. The van der Waals surface area contributed by atoms with Crippen LogP contribution < -0.4 is 0 Å². The highest BCUT2D eigenvalue weighted by molar-refractivity contribution is 5.01. The summed E-state index contributed by atoms with van der Waals surface area (Å²) in [4.78, 5) is 4.10. The largest absolute Gasteiger partial charge is 0.469 e. The third-order valence-electron chi connectivity index (χ3n) is 2.40. The van der Waals surface area contributed by atoms with Crippen molar-refractivity contribution in [3.8, 4) is 0 Å². The Bertz CT molecular complexity index is 406. The van der Waals surface area contributed by atoms with Crippen molar-refractivity contribution >= 4 is 0 Å². The summed E-state index contributed by atoms with van der Waals surface area (Å²) in [6, 6.07) is 3.76. The number of aliphatic hydroxyl groups excluding tert-OH is 1. The molecule has 4 nitrogen and oxygen atoms in total. The highest BCUT2D eigenvalue weighted by Gasteiger charge is 2.12. The van der Waals surface area contributed by atoms with E-state index in [0.29, 0.717) is 12.2 Å². The van der Waals surface area contributed by atoms with Crippen LogP contribution in [0.5, 0.6) is 0 Å². The Morgan fingerprint density at radius 3 is 3.07 bits per heavy atom. The molecule has 2 aromatic rings. The summed E-state index contributed by atoms with van der Waals surface area (Å²) in [6.07, 6.45) is 5.97. The molecule has 0 aliphatic carbocycles. The van der Waals surface area contributed by atoms with Crippen molar-refractivity contribution in [3.05, 3.63) is 42.4 Å². The molecule has 1 atom stereocenters. The van der Waals surface area contributed by atoms with Crippen LogP contribution in [-0.2, 0) is 13.5 Å². The molecule has 0 spiro atoms. The van der Waals surface area contributed by atoms with Gasteiger partial charge in [-0.05, 0) is 18.6 Å². The van der Waals surface area contributed by atoms with Gasteiger partial charge >= 0.3 is 0 Å². The van der Waals surface area contributed by atoms with Crippen LogP contribution in [0, 0.1) is 0 Å². The first-order valence-electron chi connectivity index (χ1n) is 4.95. The van der Waals surface area contributed by atoms with Gasteiger partial charge in [-0.25, -0.2) is 4.98 Å². The molecule has 0 aromatic carbocycles. The van der Waals surface area contributed by atoms with Gasteiger partial charge < -0.3 is 14.1 Å². The summed E-state index contributed by atoms with van der Waals surface area (Å²) >= 11 is 0. The topological polar surface area (TPSA) is 51.2 Å². The second-order valence-electron chi connectivity index (χ2n) is 3.53. The zero-order valence-corrected chi connectivity index (χ0v) is 8.63. The molecule has 2 aromatic heterocycles. The maximum Gasteiger partial charge on any atom is 0.137 e. The van der Waals surface area contributed by atoms with E-state index in [-0.39, 0.29) is 0 Å². The molecule has 1 N–H and O–H groups in total. The fraction of sp³-hybridized carbons (Fsp3) is 0.364. The molecule has 2 heterocycles. The summed E-state index contributed by atoms with van der Waals surface area (Å²) in [5.41, 5.74) is 0. The van der Waals surface area contributed by atoms with Crippen LogP contribution >= 0.6 is 0 Å². The minimum absolute atomic E-state index is 0.532. The lowest BCUT2D eigenvalue weighted by molar-refractivity contribution is 0.152. The Labute approximate surface area is 88.2 Å². The number of hydrogen-bond acceptors (Lipinski definition) is 3. The van der Waals surface area contributed by atoms with Gasteiger partial charge in [0.25, 0.3) is 0 Å². The van der Waals surface area contributed by atoms with E-state index in [1.54, 1.807) is 12.5 Å². The highest BCUT2D eigenvalue weighted by Crippen LogP contribution is 2.16. The second-order valence-corrected chi connectivity index (χ2v) is 3.53. The van der Waals surface area contributed by atoms with Gasteiger partial charge in [0.05, 0.1) is 6.26 Å². The van der Waals surface area contributed by atoms with E-state index in [9.17, 15) is 5.11 Å². The molecule has 0 amide bonds. The van der Waals surface area contributed by atoms with Gasteiger partial charge in [-0.2, -0.15) is 0 Å². The predicted molar refractivity (Wildman–Crippen MR) is 55.2 cm³/mol. The minimum Gasteiger partial charge on any atom is -0.469 e. The van der Waals surface area contributed by atoms with Crippen LogP contribution in [0.3, 0.4) is 0 Å². The first-order valence-corrected chi connectivity index (χ1v) is 4.95. The fourth-order valence-corrected chi connectivity index (χ4v) is 1.56. The van der Waals surface area contributed by atoms with Gasteiger partial charge in [0.2, 0.25) is 0 Å². The molecular weight excluding hydrogens is 192 g/mol. The maximum absolute atomic E-state index is 9.86. The average molecular weight is 206 g/mol. The lowest BCUT2D eigenvalue weighted by atomic mass is 10.1. The monoisotopic (exact) mass is 206 g/mol. The van der Waals surface area contributed by atoms with Crippen LogP contribution in [0.15, 0.2) is 35.2 Å². The van der Waals surface area contributed by atoms with Gasteiger partial charge in [0, 0.05) is 25.9 Å². The molecule has 0 bridgehead atoms. The summed E-state index contributed by atoms with van der Waals surface area (Å²) in [5.74, 6) is 1.59. The van der Waals surface area contributed by atoms with Crippen molar-refractivity contribution < 1.29 is 9.52 Å². The van der Waals surface area contributed by atoms with Crippen molar-refractivity contribution in [2.45, 2.75) is 18.9 Å². The van der Waals surface area contributed by atoms with Crippen LogP contribution in [-0.4, -0.2) is 14.7 Å². The van der Waals surface area contributed by atoms with E-state index in [4.69, 9.17) is 4.42 Å². The van der Waals surface area contributed by atoms with E-state index < -0.39 is 6.10 Å². The molecule has 0 fully saturated rings. The fourth-order valence-electron chi connectivity index (χ4n) is 1.56. The molecule has 0 radical (unpaired) electrons. The Balaban J connectivity index is 1.93. The molecule has 0 aliphatic heterocycles. The van der Waals surface area contributed by atoms with Gasteiger partial charge in [0.15, 0.2) is 0 Å². The lowest BCUT2D eigenvalue weighted by Gasteiger charge is -2.09. The Morgan fingerprint density at radius 1 is 1.60 bits per heavy atom. The highest BCUT2D eigenvalue weighted by atomic mass is 16.3. The number of hydrogen-bond donors (Lipinski definition) is 1. The van der Waals surface area contributed by atoms with Gasteiger partial charge in [0.1, 0.15) is 17.7 Å². The van der Waals surface area contributed by atoms with Gasteiger partial charge in [-0.3, -0.25) is 0 Å². The second kappa shape index (κ2) is 4.31. The number of rotatable bonds is 4. The van der Waals surface area contributed by atoms with Crippen LogP contribution in [0.1, 0.15) is 24.1 Å². The molecule has 1 unspecified atom stereocenters. The van der Waals surface area contributed by atoms with E-state index >= 15 is 0 Å². The number of imidazole rings is 1.